The van der Waals surface area contributed by atoms with Crippen molar-refractivity contribution in [1.29, 1.82) is 0 Å². The first-order valence-corrected chi connectivity index (χ1v) is 11.9. The van der Waals surface area contributed by atoms with Crippen LogP contribution < -0.4 is 9.47 Å². The number of rotatable bonds is 6. The predicted octanol–water partition coefficient (Wildman–Crippen LogP) is 7.31. The van der Waals surface area contributed by atoms with Crippen LogP contribution >= 0.6 is 22.9 Å². The second kappa shape index (κ2) is 9.33. The average molecular weight is 488 g/mol. The van der Waals surface area contributed by atoms with Gasteiger partial charge < -0.3 is 9.47 Å². The third-order valence-corrected chi connectivity index (χ3v) is 6.73. The summed E-state index contributed by atoms with van der Waals surface area (Å²) in [6, 6.07) is 23.7. The van der Waals surface area contributed by atoms with E-state index in [9.17, 15) is 0 Å². The summed E-state index contributed by atoms with van der Waals surface area (Å²) in [5.41, 5.74) is 6.91. The number of nitrogens with zero attached hydrogens (tertiary/aromatic N) is 3. The minimum atomic E-state index is 0.702. The summed E-state index contributed by atoms with van der Waals surface area (Å²) in [5, 5.41) is 8.55. The Morgan fingerprint density at radius 1 is 0.765 bits per heavy atom. The first-order chi connectivity index (χ1) is 16.6. The minimum Gasteiger partial charge on any atom is -0.497 e. The Balaban J connectivity index is 1.65. The summed E-state index contributed by atoms with van der Waals surface area (Å²) < 4.78 is 12.6. The molecule has 0 unspecified atom stereocenters. The number of benzene rings is 3. The molecule has 2 heterocycles. The Morgan fingerprint density at radius 3 is 1.91 bits per heavy atom. The number of methoxy groups -OCH3 is 2. The van der Waals surface area contributed by atoms with Crippen LogP contribution in [-0.4, -0.2) is 29.0 Å². The first kappa shape index (κ1) is 22.2. The molecule has 3 aromatic carbocycles. The van der Waals surface area contributed by atoms with Gasteiger partial charge in [-0.1, -0.05) is 23.7 Å². The van der Waals surface area contributed by atoms with E-state index in [0.29, 0.717) is 5.02 Å². The highest BCUT2D eigenvalue weighted by molar-refractivity contribution is 7.12. The van der Waals surface area contributed by atoms with Gasteiger partial charge in [0.25, 0.3) is 0 Å². The van der Waals surface area contributed by atoms with Gasteiger partial charge in [-0.05, 0) is 67.6 Å². The van der Waals surface area contributed by atoms with Gasteiger partial charge in [0.05, 0.1) is 31.3 Å². The van der Waals surface area contributed by atoms with E-state index in [1.807, 2.05) is 82.9 Å². The highest BCUT2D eigenvalue weighted by Gasteiger charge is 2.21. The molecular weight excluding hydrogens is 466 g/mol. The molecule has 5 nitrogen and oxygen atoms in total. The van der Waals surface area contributed by atoms with E-state index in [2.05, 4.69) is 6.92 Å². The van der Waals surface area contributed by atoms with E-state index in [-0.39, 0.29) is 0 Å². The van der Waals surface area contributed by atoms with Gasteiger partial charge in [-0.2, -0.15) is 5.10 Å². The Kier molecular flexibility index (Phi) is 6.09. The van der Waals surface area contributed by atoms with Crippen LogP contribution in [0.2, 0.25) is 5.02 Å². The van der Waals surface area contributed by atoms with Crippen LogP contribution in [0.15, 0.2) is 78.2 Å². The van der Waals surface area contributed by atoms with Crippen molar-refractivity contribution >= 4 is 22.9 Å². The molecule has 5 aromatic rings. The maximum Gasteiger partial charge on any atom is 0.211 e. The molecule has 0 aliphatic rings. The molecule has 5 rings (SSSR count). The molecule has 170 valence electrons. The quantitative estimate of drug-likeness (QED) is 0.252. The number of hydrogen-bond acceptors (Lipinski definition) is 5. The summed E-state index contributed by atoms with van der Waals surface area (Å²) >= 11 is 7.61. The summed E-state index contributed by atoms with van der Waals surface area (Å²) in [6.45, 7) is 2.09. The third-order valence-electron chi connectivity index (χ3n) is 5.66. The smallest absolute Gasteiger partial charge is 0.211 e. The molecule has 0 saturated heterocycles. The Bertz CT molecular complexity index is 1420. The predicted molar refractivity (Wildman–Crippen MR) is 138 cm³/mol. The lowest BCUT2D eigenvalue weighted by atomic mass is 10.0. The largest absolute Gasteiger partial charge is 0.497 e. The van der Waals surface area contributed by atoms with Crippen molar-refractivity contribution in [3.63, 3.8) is 0 Å². The lowest BCUT2D eigenvalue weighted by molar-refractivity contribution is 0.414. The van der Waals surface area contributed by atoms with Gasteiger partial charge in [-0.3, -0.25) is 0 Å². The van der Waals surface area contributed by atoms with Gasteiger partial charge in [0, 0.05) is 32.7 Å². The molecule has 0 aliphatic heterocycles. The monoisotopic (exact) mass is 487 g/mol. The van der Waals surface area contributed by atoms with Crippen LogP contribution in [0.25, 0.3) is 38.9 Å². The second-order valence-electron chi connectivity index (χ2n) is 7.71. The highest BCUT2D eigenvalue weighted by atomic mass is 35.5. The number of ether oxygens (including phenoxy) is 2. The number of hydrogen-bond donors (Lipinski definition) is 0. The molecule has 0 amide bonds. The topological polar surface area (TPSA) is 49.2 Å². The van der Waals surface area contributed by atoms with E-state index in [0.717, 1.165) is 56.0 Å². The van der Waals surface area contributed by atoms with Crippen LogP contribution in [-0.2, 0) is 0 Å². The second-order valence-corrected chi connectivity index (χ2v) is 8.99. The lowest BCUT2D eigenvalue weighted by Crippen LogP contribution is -1.99. The lowest BCUT2D eigenvalue weighted by Gasteiger charge is -2.07. The fourth-order valence-corrected chi connectivity index (χ4v) is 4.77. The van der Waals surface area contributed by atoms with Gasteiger partial charge in [-0.25, -0.2) is 9.67 Å². The zero-order valence-corrected chi connectivity index (χ0v) is 20.5. The van der Waals surface area contributed by atoms with Gasteiger partial charge in [0.15, 0.2) is 0 Å². The molecule has 0 aliphatic carbocycles. The van der Waals surface area contributed by atoms with Gasteiger partial charge >= 0.3 is 0 Å². The van der Waals surface area contributed by atoms with Gasteiger partial charge in [-0.15, -0.1) is 11.3 Å². The standard InChI is InChI=1S/C27H22ClN3O2S/c1-17-25(19-6-12-22(32-2)13-7-19)30-31(26(17)20-8-14-23(33-3)15-9-20)27-29-24(16-34-27)18-4-10-21(28)11-5-18/h4-16H,1-3H3. The van der Waals surface area contributed by atoms with Gasteiger partial charge in [0.1, 0.15) is 11.5 Å². The molecule has 34 heavy (non-hydrogen) atoms. The molecule has 0 atom stereocenters. The van der Waals surface area contributed by atoms with Crippen molar-refractivity contribution in [2.45, 2.75) is 6.92 Å². The molecule has 2 aromatic heterocycles. The van der Waals surface area contributed by atoms with Crippen LogP contribution in [0.4, 0.5) is 0 Å². The molecular formula is C27H22ClN3O2S. The number of thiazole rings is 1. The van der Waals surface area contributed by atoms with E-state index in [4.69, 9.17) is 31.2 Å². The molecule has 0 saturated carbocycles. The molecule has 0 bridgehead atoms. The third kappa shape index (κ3) is 4.18. The van der Waals surface area contributed by atoms with Crippen LogP contribution in [0, 0.1) is 6.92 Å². The number of halogens is 1. The molecule has 0 N–H and O–H groups in total. The van der Waals surface area contributed by atoms with E-state index < -0.39 is 0 Å². The van der Waals surface area contributed by atoms with Gasteiger partial charge in [0.2, 0.25) is 5.13 Å². The van der Waals surface area contributed by atoms with Crippen molar-refractivity contribution in [3.8, 4) is 50.4 Å². The van der Waals surface area contributed by atoms with Crippen LogP contribution in [0.3, 0.4) is 0 Å². The SMILES string of the molecule is COc1ccc(-c2nn(-c3nc(-c4ccc(Cl)cc4)cs3)c(-c3ccc(OC)cc3)c2C)cc1. The van der Waals surface area contributed by atoms with Crippen LogP contribution in [0.5, 0.6) is 11.5 Å². The summed E-state index contributed by atoms with van der Waals surface area (Å²) in [7, 11) is 3.33. The van der Waals surface area contributed by atoms with Crippen molar-refractivity contribution in [1.82, 2.24) is 14.8 Å². The van der Waals surface area contributed by atoms with E-state index in [1.165, 1.54) is 0 Å². The average Bonchev–Trinajstić information content (AvgIpc) is 3.49. The molecule has 0 fully saturated rings. The maximum atomic E-state index is 6.06. The van der Waals surface area contributed by atoms with Crippen molar-refractivity contribution in [2.75, 3.05) is 14.2 Å². The highest BCUT2D eigenvalue weighted by Crippen LogP contribution is 2.36. The normalized spacial score (nSPS) is 10.9. The Labute approximate surface area is 207 Å². The Hall–Kier alpha value is -3.61. The molecule has 7 heteroatoms. The summed E-state index contributed by atoms with van der Waals surface area (Å²) in [5.74, 6) is 1.62. The number of aromatic nitrogens is 3. The van der Waals surface area contributed by atoms with Crippen LogP contribution in [0.1, 0.15) is 5.56 Å². The first-order valence-electron chi connectivity index (χ1n) is 10.7. The van der Waals surface area contributed by atoms with E-state index in [1.54, 1.807) is 25.6 Å². The fourth-order valence-electron chi connectivity index (χ4n) is 3.86. The fraction of sp³-hybridized carbons (Fsp3) is 0.111. The Morgan fingerprint density at radius 2 is 1.32 bits per heavy atom. The molecule has 0 spiro atoms. The van der Waals surface area contributed by atoms with Crippen molar-refractivity contribution in [3.05, 3.63) is 88.8 Å². The summed E-state index contributed by atoms with van der Waals surface area (Å²) in [4.78, 5) is 4.91. The molecule has 0 radical (unpaired) electrons. The van der Waals surface area contributed by atoms with Crippen molar-refractivity contribution in [2.24, 2.45) is 0 Å². The minimum absolute atomic E-state index is 0.702. The summed E-state index contributed by atoms with van der Waals surface area (Å²) in [6.07, 6.45) is 0. The maximum absolute atomic E-state index is 6.06. The van der Waals surface area contributed by atoms with E-state index >= 15 is 0 Å². The zero-order valence-electron chi connectivity index (χ0n) is 18.9. The zero-order chi connectivity index (χ0) is 23.7. The van der Waals surface area contributed by atoms with Crippen molar-refractivity contribution < 1.29 is 9.47 Å².